The molecule has 0 aromatic heterocycles. The average molecular weight is 268 g/mol. The molecule has 0 aliphatic heterocycles. The number of nitro groups is 1. The fourth-order valence-electron chi connectivity index (χ4n) is 1.50. The topological polar surface area (TPSA) is 113 Å². The molecule has 19 heavy (non-hydrogen) atoms. The number of para-hydroxylation sites is 1. The Bertz CT molecular complexity index is 455. The number of aliphatic hydroxyl groups excluding tert-OH is 1. The molecule has 104 valence electrons. The van der Waals surface area contributed by atoms with Crippen LogP contribution >= 0.6 is 0 Å². The summed E-state index contributed by atoms with van der Waals surface area (Å²) in [5.41, 5.74) is -0.597. The van der Waals surface area contributed by atoms with Gasteiger partial charge in [-0.15, -0.1) is 0 Å². The Labute approximate surface area is 110 Å². The number of aliphatic hydroxyl groups is 1. The van der Waals surface area contributed by atoms with Gasteiger partial charge in [0.1, 0.15) is 5.69 Å². The van der Waals surface area contributed by atoms with Crippen LogP contribution in [0.15, 0.2) is 18.2 Å². The number of carboxylic acids is 1. The van der Waals surface area contributed by atoms with Gasteiger partial charge in [0.05, 0.1) is 16.6 Å². The van der Waals surface area contributed by atoms with Gasteiger partial charge < -0.3 is 15.5 Å². The number of nitrogens with zero attached hydrogens (tertiary/aromatic N) is 1. The molecule has 0 saturated carbocycles. The van der Waals surface area contributed by atoms with Gasteiger partial charge >= 0.3 is 5.97 Å². The van der Waals surface area contributed by atoms with Crippen molar-refractivity contribution in [3.8, 4) is 0 Å². The molecule has 0 aliphatic carbocycles. The molecule has 0 spiro atoms. The summed E-state index contributed by atoms with van der Waals surface area (Å²) < 4.78 is 0. The standard InChI is InChI=1S/C12H16N2O5/c1-7(2)10(15)6-13-11-8(12(16)17)4-3-5-9(11)14(18)19/h3-5,7,10,13,15H,6H2,1-2H3,(H,16,17). The molecule has 0 amide bonds. The van der Waals surface area contributed by atoms with Crippen molar-refractivity contribution < 1.29 is 19.9 Å². The summed E-state index contributed by atoms with van der Waals surface area (Å²) in [6, 6.07) is 3.81. The number of nitrogens with one attached hydrogen (secondary N) is 1. The molecule has 1 unspecified atom stereocenters. The molecule has 1 rings (SSSR count). The highest BCUT2D eigenvalue weighted by Crippen LogP contribution is 2.28. The van der Waals surface area contributed by atoms with Gasteiger partial charge in [-0.05, 0) is 12.0 Å². The number of carbonyl (C=O) groups is 1. The lowest BCUT2D eigenvalue weighted by atomic mass is 10.1. The monoisotopic (exact) mass is 268 g/mol. The van der Waals surface area contributed by atoms with E-state index >= 15 is 0 Å². The van der Waals surface area contributed by atoms with E-state index < -0.39 is 17.0 Å². The van der Waals surface area contributed by atoms with Crippen molar-refractivity contribution >= 4 is 17.3 Å². The maximum atomic E-state index is 11.1. The fraction of sp³-hybridized carbons (Fsp3) is 0.417. The first kappa shape index (κ1) is 14.9. The second-order valence-corrected chi connectivity index (χ2v) is 4.45. The maximum absolute atomic E-state index is 11.1. The zero-order chi connectivity index (χ0) is 14.6. The highest BCUT2D eigenvalue weighted by atomic mass is 16.6. The summed E-state index contributed by atoms with van der Waals surface area (Å²) in [7, 11) is 0. The van der Waals surface area contributed by atoms with E-state index in [0.717, 1.165) is 0 Å². The third-order valence-corrected chi connectivity index (χ3v) is 2.73. The van der Waals surface area contributed by atoms with Crippen molar-refractivity contribution in [1.29, 1.82) is 0 Å². The molecule has 0 heterocycles. The van der Waals surface area contributed by atoms with Gasteiger partial charge in [0.2, 0.25) is 0 Å². The molecular formula is C12H16N2O5. The summed E-state index contributed by atoms with van der Waals surface area (Å²) in [4.78, 5) is 21.3. The quantitative estimate of drug-likeness (QED) is 0.535. The first-order chi connectivity index (χ1) is 8.84. The Hall–Kier alpha value is -2.15. The molecule has 7 heteroatoms. The van der Waals surface area contributed by atoms with Gasteiger partial charge in [-0.3, -0.25) is 10.1 Å². The zero-order valence-corrected chi connectivity index (χ0v) is 10.7. The van der Waals surface area contributed by atoms with E-state index in [9.17, 15) is 20.0 Å². The van der Waals surface area contributed by atoms with Gasteiger partial charge in [-0.1, -0.05) is 19.9 Å². The maximum Gasteiger partial charge on any atom is 0.338 e. The molecule has 0 aliphatic rings. The molecule has 0 fully saturated rings. The normalized spacial score (nSPS) is 12.2. The smallest absolute Gasteiger partial charge is 0.338 e. The van der Waals surface area contributed by atoms with Crippen LogP contribution in [0.4, 0.5) is 11.4 Å². The second kappa shape index (κ2) is 6.14. The van der Waals surface area contributed by atoms with Crippen molar-refractivity contribution in [2.24, 2.45) is 5.92 Å². The molecule has 1 aromatic rings. The van der Waals surface area contributed by atoms with E-state index in [4.69, 9.17) is 5.11 Å². The number of hydrogen-bond acceptors (Lipinski definition) is 5. The van der Waals surface area contributed by atoms with E-state index in [0.29, 0.717) is 0 Å². The van der Waals surface area contributed by atoms with Crippen molar-refractivity contribution in [1.82, 2.24) is 0 Å². The molecule has 0 radical (unpaired) electrons. The fourth-order valence-corrected chi connectivity index (χ4v) is 1.50. The molecule has 0 bridgehead atoms. The lowest BCUT2D eigenvalue weighted by molar-refractivity contribution is -0.384. The number of carboxylic acid groups (broad SMARTS) is 1. The SMILES string of the molecule is CC(C)C(O)CNc1c(C(=O)O)cccc1[N+](=O)[O-]. The Morgan fingerprint density at radius 2 is 2.11 bits per heavy atom. The van der Waals surface area contributed by atoms with Crippen LogP contribution in [0.3, 0.4) is 0 Å². The van der Waals surface area contributed by atoms with Crippen LogP contribution in [0.25, 0.3) is 0 Å². The van der Waals surface area contributed by atoms with E-state index in [1.54, 1.807) is 13.8 Å². The van der Waals surface area contributed by atoms with Crippen LogP contribution in [0.1, 0.15) is 24.2 Å². The number of rotatable bonds is 6. The van der Waals surface area contributed by atoms with Crippen molar-refractivity contribution in [2.45, 2.75) is 20.0 Å². The summed E-state index contributed by atoms with van der Waals surface area (Å²) >= 11 is 0. The van der Waals surface area contributed by atoms with Gasteiger partial charge in [0.25, 0.3) is 5.69 Å². The molecule has 1 atom stereocenters. The minimum Gasteiger partial charge on any atom is -0.478 e. The summed E-state index contributed by atoms with van der Waals surface area (Å²) in [6.45, 7) is 3.64. The molecule has 7 nitrogen and oxygen atoms in total. The zero-order valence-electron chi connectivity index (χ0n) is 10.7. The van der Waals surface area contributed by atoms with E-state index in [1.165, 1.54) is 18.2 Å². The summed E-state index contributed by atoms with van der Waals surface area (Å²) in [6.07, 6.45) is -0.721. The second-order valence-electron chi connectivity index (χ2n) is 4.45. The largest absolute Gasteiger partial charge is 0.478 e. The van der Waals surface area contributed by atoms with Crippen LogP contribution in [0.2, 0.25) is 0 Å². The minimum absolute atomic E-state index is 0.0384. The lowest BCUT2D eigenvalue weighted by Crippen LogP contribution is -2.25. The predicted molar refractivity (Wildman–Crippen MR) is 69.4 cm³/mol. The Morgan fingerprint density at radius 1 is 1.47 bits per heavy atom. The highest BCUT2D eigenvalue weighted by molar-refractivity contribution is 5.96. The molecule has 3 N–H and O–H groups in total. The van der Waals surface area contributed by atoms with Crippen LogP contribution in [0, 0.1) is 16.0 Å². The van der Waals surface area contributed by atoms with Crippen molar-refractivity contribution in [3.05, 3.63) is 33.9 Å². The highest BCUT2D eigenvalue weighted by Gasteiger charge is 2.22. The lowest BCUT2D eigenvalue weighted by Gasteiger charge is -2.16. The first-order valence-corrected chi connectivity index (χ1v) is 5.77. The number of aromatic carboxylic acids is 1. The van der Waals surface area contributed by atoms with Crippen LogP contribution in [-0.2, 0) is 0 Å². The predicted octanol–water partition coefficient (Wildman–Crippen LogP) is 1.72. The Morgan fingerprint density at radius 3 is 2.58 bits per heavy atom. The number of benzene rings is 1. The Kier molecular flexibility index (Phi) is 4.82. The van der Waals surface area contributed by atoms with E-state index in [1.807, 2.05) is 0 Å². The number of anilines is 1. The van der Waals surface area contributed by atoms with Gasteiger partial charge in [0.15, 0.2) is 0 Å². The van der Waals surface area contributed by atoms with Gasteiger partial charge in [-0.25, -0.2) is 4.79 Å². The van der Waals surface area contributed by atoms with Gasteiger partial charge in [-0.2, -0.15) is 0 Å². The van der Waals surface area contributed by atoms with Crippen molar-refractivity contribution in [2.75, 3.05) is 11.9 Å². The van der Waals surface area contributed by atoms with Crippen LogP contribution < -0.4 is 5.32 Å². The van der Waals surface area contributed by atoms with Crippen LogP contribution in [0.5, 0.6) is 0 Å². The molecule has 1 aromatic carbocycles. The third-order valence-electron chi connectivity index (χ3n) is 2.73. The summed E-state index contributed by atoms with van der Waals surface area (Å²) in [5.74, 6) is -1.30. The average Bonchev–Trinajstić information content (AvgIpc) is 2.34. The van der Waals surface area contributed by atoms with Crippen molar-refractivity contribution in [3.63, 3.8) is 0 Å². The summed E-state index contributed by atoms with van der Waals surface area (Å²) in [5, 5.41) is 32.2. The minimum atomic E-state index is -1.26. The molecule has 0 saturated heterocycles. The first-order valence-electron chi connectivity index (χ1n) is 5.77. The van der Waals surface area contributed by atoms with E-state index in [-0.39, 0.29) is 29.4 Å². The number of nitro benzene ring substituents is 1. The van der Waals surface area contributed by atoms with Gasteiger partial charge in [0, 0.05) is 12.6 Å². The molecular weight excluding hydrogens is 252 g/mol. The number of hydrogen-bond donors (Lipinski definition) is 3. The van der Waals surface area contributed by atoms with E-state index in [2.05, 4.69) is 5.32 Å². The Balaban J connectivity index is 3.08. The third kappa shape index (κ3) is 3.65. The van der Waals surface area contributed by atoms with Crippen LogP contribution in [-0.4, -0.2) is 33.8 Å².